The minimum atomic E-state index is -3.77. The Morgan fingerprint density at radius 1 is 1.33 bits per heavy atom. The summed E-state index contributed by atoms with van der Waals surface area (Å²) < 4.78 is 31.8. The summed E-state index contributed by atoms with van der Waals surface area (Å²) in [5.74, 6) is -0.00106. The van der Waals surface area contributed by atoms with E-state index in [0.29, 0.717) is 0 Å². The second-order valence-electron chi connectivity index (χ2n) is 5.52. The number of hydrogen-bond acceptors (Lipinski definition) is 5. The number of benzene rings is 1. The van der Waals surface area contributed by atoms with Crippen LogP contribution in [0, 0.1) is 0 Å². The summed E-state index contributed by atoms with van der Waals surface area (Å²) in [6.07, 6.45) is 2.02. The zero-order valence-corrected chi connectivity index (χ0v) is 14.7. The number of esters is 1. The van der Waals surface area contributed by atoms with Gasteiger partial charge in [-0.1, -0.05) is 20.3 Å². The molecule has 1 atom stereocenters. The molecule has 7 nitrogen and oxygen atoms in total. The molecule has 2 rings (SSSR count). The molecule has 1 heterocycles. The van der Waals surface area contributed by atoms with Crippen LogP contribution in [-0.2, 0) is 14.8 Å². The second-order valence-corrected chi connectivity index (χ2v) is 7.20. The molecule has 1 aromatic carbocycles. The van der Waals surface area contributed by atoms with Crippen molar-refractivity contribution in [2.75, 3.05) is 11.8 Å². The quantitative estimate of drug-likeness (QED) is 0.747. The van der Waals surface area contributed by atoms with Gasteiger partial charge in [0.2, 0.25) is 0 Å². The highest BCUT2D eigenvalue weighted by Gasteiger charge is 2.18. The molecule has 0 fully saturated rings. The van der Waals surface area contributed by atoms with Gasteiger partial charge in [-0.05, 0) is 36.6 Å². The zero-order chi connectivity index (χ0) is 17.7. The van der Waals surface area contributed by atoms with Gasteiger partial charge in [-0.25, -0.2) is 13.2 Å². The fourth-order valence-corrected chi connectivity index (χ4v) is 3.31. The van der Waals surface area contributed by atoms with Gasteiger partial charge in [-0.15, -0.1) is 0 Å². The molecule has 0 amide bonds. The summed E-state index contributed by atoms with van der Waals surface area (Å²) in [7, 11) is -2.50. The Morgan fingerprint density at radius 3 is 2.58 bits per heavy atom. The molecule has 2 N–H and O–H groups in total. The van der Waals surface area contributed by atoms with Crippen LogP contribution < -0.4 is 4.72 Å². The molecule has 0 aliphatic heterocycles. The largest absolute Gasteiger partial charge is 0.465 e. The first-order valence-electron chi connectivity index (χ1n) is 7.64. The van der Waals surface area contributed by atoms with E-state index >= 15 is 0 Å². The van der Waals surface area contributed by atoms with Gasteiger partial charge in [-0.2, -0.15) is 5.10 Å². The van der Waals surface area contributed by atoms with E-state index in [1.165, 1.54) is 31.4 Å². The Bertz CT molecular complexity index is 797. The lowest BCUT2D eigenvalue weighted by atomic mass is 10.0. The molecule has 2 aromatic rings. The Morgan fingerprint density at radius 2 is 2.00 bits per heavy atom. The molecule has 1 aromatic heterocycles. The lowest BCUT2D eigenvalue weighted by Crippen LogP contribution is -2.13. The van der Waals surface area contributed by atoms with Crippen LogP contribution in [0.1, 0.15) is 48.7 Å². The molecule has 0 aliphatic rings. The van der Waals surface area contributed by atoms with Crippen molar-refractivity contribution in [3.8, 4) is 0 Å². The van der Waals surface area contributed by atoms with Crippen LogP contribution in [0.15, 0.2) is 35.2 Å². The number of carbonyl (C=O) groups is 1. The zero-order valence-electron chi connectivity index (χ0n) is 13.9. The molecule has 0 unspecified atom stereocenters. The SMILES string of the molecule is CCC[C@@H](C)c1cc(NS(=O)(=O)c2ccc(C(=O)OC)cc2)n[nH]1. The van der Waals surface area contributed by atoms with Crippen molar-refractivity contribution in [1.82, 2.24) is 10.2 Å². The first-order valence-corrected chi connectivity index (χ1v) is 9.12. The van der Waals surface area contributed by atoms with Gasteiger partial charge in [-0.3, -0.25) is 9.82 Å². The van der Waals surface area contributed by atoms with Crippen LogP contribution in [0.3, 0.4) is 0 Å². The maximum absolute atomic E-state index is 12.4. The molecule has 0 saturated carbocycles. The van der Waals surface area contributed by atoms with E-state index in [0.717, 1.165) is 18.5 Å². The van der Waals surface area contributed by atoms with Crippen molar-refractivity contribution >= 4 is 21.8 Å². The summed E-state index contributed by atoms with van der Waals surface area (Å²) in [5.41, 5.74) is 1.17. The summed E-state index contributed by atoms with van der Waals surface area (Å²) in [5, 5.41) is 6.86. The minimum Gasteiger partial charge on any atom is -0.465 e. The number of anilines is 1. The number of carbonyl (C=O) groups excluding carboxylic acids is 1. The number of H-pyrrole nitrogens is 1. The molecule has 24 heavy (non-hydrogen) atoms. The Kier molecular flexibility index (Phi) is 5.61. The summed E-state index contributed by atoms with van der Waals surface area (Å²) in [6, 6.07) is 7.20. The van der Waals surface area contributed by atoms with Gasteiger partial charge < -0.3 is 4.74 Å². The van der Waals surface area contributed by atoms with Crippen LogP contribution in [0.25, 0.3) is 0 Å². The Hall–Kier alpha value is -2.35. The smallest absolute Gasteiger partial charge is 0.337 e. The number of rotatable bonds is 7. The monoisotopic (exact) mass is 351 g/mol. The van der Waals surface area contributed by atoms with Crippen molar-refractivity contribution in [3.63, 3.8) is 0 Å². The molecule has 130 valence electrons. The molecule has 0 aliphatic carbocycles. The van der Waals surface area contributed by atoms with E-state index in [1.807, 2.05) is 0 Å². The van der Waals surface area contributed by atoms with Crippen LogP contribution in [0.4, 0.5) is 5.82 Å². The molecule has 0 spiro atoms. The third-order valence-electron chi connectivity index (χ3n) is 3.67. The molecule has 8 heteroatoms. The van der Waals surface area contributed by atoms with Crippen molar-refractivity contribution in [1.29, 1.82) is 0 Å². The third-order valence-corrected chi connectivity index (χ3v) is 5.05. The predicted octanol–water partition coefficient (Wildman–Crippen LogP) is 2.90. The van der Waals surface area contributed by atoms with E-state index in [9.17, 15) is 13.2 Å². The minimum absolute atomic E-state index is 0.0429. The normalized spacial score (nSPS) is 12.6. The maximum atomic E-state index is 12.4. The lowest BCUT2D eigenvalue weighted by molar-refractivity contribution is 0.0600. The second kappa shape index (κ2) is 7.48. The van der Waals surface area contributed by atoms with Crippen molar-refractivity contribution in [2.45, 2.75) is 37.5 Å². The van der Waals surface area contributed by atoms with Crippen molar-refractivity contribution in [3.05, 3.63) is 41.6 Å². The molecule has 0 bridgehead atoms. The molecule has 0 saturated heterocycles. The average Bonchev–Trinajstić information content (AvgIpc) is 3.02. The van der Waals surface area contributed by atoms with Gasteiger partial charge in [0.25, 0.3) is 10.0 Å². The standard InChI is InChI=1S/C16H21N3O4S/c1-4-5-11(2)14-10-15(18-17-14)19-24(21,22)13-8-6-12(7-9-13)16(20)23-3/h6-11H,4-5H2,1-3H3,(H2,17,18,19)/t11-/m1/s1. The van der Waals surface area contributed by atoms with E-state index in [1.54, 1.807) is 6.07 Å². The van der Waals surface area contributed by atoms with E-state index in [-0.39, 0.29) is 22.2 Å². The molecular formula is C16H21N3O4S. The number of aromatic nitrogens is 2. The highest BCUT2D eigenvalue weighted by molar-refractivity contribution is 7.92. The molecule has 0 radical (unpaired) electrons. The van der Waals surface area contributed by atoms with Crippen LogP contribution in [0.2, 0.25) is 0 Å². The van der Waals surface area contributed by atoms with Gasteiger partial charge in [0.05, 0.1) is 17.6 Å². The van der Waals surface area contributed by atoms with Gasteiger partial charge in [0.1, 0.15) is 0 Å². The van der Waals surface area contributed by atoms with Gasteiger partial charge in [0, 0.05) is 11.8 Å². The number of aromatic amines is 1. The maximum Gasteiger partial charge on any atom is 0.337 e. The van der Waals surface area contributed by atoms with Crippen LogP contribution in [-0.4, -0.2) is 31.7 Å². The van der Waals surface area contributed by atoms with Crippen molar-refractivity contribution in [2.24, 2.45) is 0 Å². The summed E-state index contributed by atoms with van der Waals surface area (Å²) in [6.45, 7) is 4.15. The summed E-state index contributed by atoms with van der Waals surface area (Å²) in [4.78, 5) is 11.4. The van der Waals surface area contributed by atoms with Crippen LogP contribution in [0.5, 0.6) is 0 Å². The summed E-state index contributed by atoms with van der Waals surface area (Å²) >= 11 is 0. The fourth-order valence-electron chi connectivity index (χ4n) is 2.31. The number of ether oxygens (including phenoxy) is 1. The van der Waals surface area contributed by atoms with Crippen molar-refractivity contribution < 1.29 is 17.9 Å². The topological polar surface area (TPSA) is 101 Å². The fraction of sp³-hybridized carbons (Fsp3) is 0.375. The number of nitrogens with one attached hydrogen (secondary N) is 2. The van der Waals surface area contributed by atoms with Gasteiger partial charge in [0.15, 0.2) is 5.82 Å². The highest BCUT2D eigenvalue weighted by Crippen LogP contribution is 2.22. The average molecular weight is 351 g/mol. The third kappa shape index (κ3) is 4.14. The van der Waals surface area contributed by atoms with Crippen LogP contribution >= 0.6 is 0 Å². The molecular weight excluding hydrogens is 330 g/mol. The first-order chi connectivity index (χ1) is 11.4. The number of nitrogens with zero attached hydrogens (tertiary/aromatic N) is 1. The van der Waals surface area contributed by atoms with E-state index < -0.39 is 16.0 Å². The van der Waals surface area contributed by atoms with E-state index in [4.69, 9.17) is 0 Å². The van der Waals surface area contributed by atoms with E-state index in [2.05, 4.69) is 33.5 Å². The lowest BCUT2D eigenvalue weighted by Gasteiger charge is -2.07. The number of hydrogen-bond donors (Lipinski definition) is 2. The highest BCUT2D eigenvalue weighted by atomic mass is 32.2. The predicted molar refractivity (Wildman–Crippen MR) is 90.5 cm³/mol. The Labute approximate surface area is 141 Å². The number of sulfonamides is 1. The first kappa shape index (κ1) is 18.0. The van der Waals surface area contributed by atoms with Gasteiger partial charge >= 0.3 is 5.97 Å². The number of methoxy groups -OCH3 is 1. The Balaban J connectivity index is 2.15.